The molecule has 2 saturated heterocycles. The molecule has 3 aliphatic rings. The summed E-state index contributed by atoms with van der Waals surface area (Å²) in [7, 11) is 1.54. The number of hydrogen-bond acceptors (Lipinski definition) is 5. The number of nitrogens with zero attached hydrogens (tertiary/aromatic N) is 1. The van der Waals surface area contributed by atoms with E-state index in [1.165, 1.54) is 7.11 Å². The number of nitrogens with one attached hydrogen (secondary N) is 1. The van der Waals surface area contributed by atoms with Crippen LogP contribution < -0.4 is 5.32 Å². The van der Waals surface area contributed by atoms with E-state index >= 15 is 0 Å². The van der Waals surface area contributed by atoms with Crippen LogP contribution in [0.5, 0.6) is 0 Å². The van der Waals surface area contributed by atoms with E-state index in [0.29, 0.717) is 12.8 Å². The largest absolute Gasteiger partial charge is 0.481 e. The first-order valence-electron chi connectivity index (χ1n) is 12.1. The van der Waals surface area contributed by atoms with Crippen LogP contribution in [-0.4, -0.2) is 66.4 Å². The standard InChI is InChI=1S/C27H30N2O6/c1-34-13-12-23(25(30)29-16-10-11-24(29)21(14-16)26(31)32)28-27(33)35-15-22-19-8-4-2-6-17(19)18-7-3-5-9-20(18)22/h2-9,16,21-24H,10-15H2,1H3,(H,28,33)(H,31,32)/t16-,21+,23?,24+/m1/s1. The van der Waals surface area contributed by atoms with E-state index in [9.17, 15) is 19.5 Å². The van der Waals surface area contributed by atoms with E-state index in [-0.39, 0.29) is 43.5 Å². The molecule has 2 amide bonds. The van der Waals surface area contributed by atoms with Gasteiger partial charge in [0.25, 0.3) is 0 Å². The predicted octanol–water partition coefficient (Wildman–Crippen LogP) is 3.39. The number of amides is 2. The fraction of sp³-hybridized carbons (Fsp3) is 0.444. The Hall–Kier alpha value is -3.39. The number of carboxylic acids is 1. The molecule has 2 heterocycles. The second-order valence-corrected chi connectivity index (χ2v) is 9.53. The maximum absolute atomic E-state index is 13.4. The van der Waals surface area contributed by atoms with E-state index in [0.717, 1.165) is 28.7 Å². The Morgan fingerprint density at radius 1 is 1.06 bits per heavy atom. The highest BCUT2D eigenvalue weighted by molar-refractivity contribution is 5.88. The third-order valence-electron chi connectivity index (χ3n) is 7.65. The molecule has 2 bridgehead atoms. The van der Waals surface area contributed by atoms with Crippen molar-refractivity contribution in [2.75, 3.05) is 20.3 Å². The first-order chi connectivity index (χ1) is 17.0. The van der Waals surface area contributed by atoms with Gasteiger partial charge in [-0.15, -0.1) is 0 Å². The van der Waals surface area contributed by atoms with Crippen molar-refractivity contribution in [3.05, 3.63) is 59.7 Å². The Labute approximate surface area is 204 Å². The second kappa shape index (κ2) is 9.70. The number of hydrogen-bond donors (Lipinski definition) is 2. The molecule has 0 spiro atoms. The highest BCUT2D eigenvalue weighted by atomic mass is 16.5. The molecule has 35 heavy (non-hydrogen) atoms. The monoisotopic (exact) mass is 478 g/mol. The number of ether oxygens (including phenoxy) is 2. The lowest BCUT2D eigenvalue weighted by Crippen LogP contribution is -2.51. The Bertz CT molecular complexity index is 1090. The number of carbonyl (C=O) groups excluding carboxylic acids is 2. The molecule has 1 unspecified atom stereocenters. The number of alkyl carbamates (subject to hydrolysis) is 1. The van der Waals surface area contributed by atoms with Gasteiger partial charge in [-0.2, -0.15) is 0 Å². The van der Waals surface area contributed by atoms with Crippen molar-refractivity contribution in [1.82, 2.24) is 10.2 Å². The lowest BCUT2D eigenvalue weighted by molar-refractivity contribution is -0.143. The predicted molar refractivity (Wildman–Crippen MR) is 128 cm³/mol. The van der Waals surface area contributed by atoms with Gasteiger partial charge in [0.1, 0.15) is 12.6 Å². The molecule has 4 atom stereocenters. The number of methoxy groups -OCH3 is 1. The number of fused-ring (bicyclic) bond motifs is 5. The Balaban J connectivity index is 1.26. The third kappa shape index (κ3) is 4.27. The summed E-state index contributed by atoms with van der Waals surface area (Å²) in [6.07, 6.45) is 1.56. The van der Waals surface area contributed by atoms with Crippen LogP contribution in [0.4, 0.5) is 4.79 Å². The third-order valence-corrected chi connectivity index (χ3v) is 7.65. The molecular weight excluding hydrogens is 448 g/mol. The van der Waals surface area contributed by atoms with Crippen molar-refractivity contribution in [2.24, 2.45) is 5.92 Å². The number of carbonyl (C=O) groups is 3. The summed E-state index contributed by atoms with van der Waals surface area (Å²) < 4.78 is 10.8. The van der Waals surface area contributed by atoms with Crippen LogP contribution >= 0.6 is 0 Å². The van der Waals surface area contributed by atoms with E-state index in [1.54, 1.807) is 4.90 Å². The number of carboxylic acid groups (broad SMARTS) is 1. The zero-order valence-electron chi connectivity index (χ0n) is 19.7. The summed E-state index contributed by atoms with van der Waals surface area (Å²) in [5.41, 5.74) is 4.51. The first-order valence-corrected chi connectivity index (χ1v) is 12.1. The van der Waals surface area contributed by atoms with Crippen LogP contribution in [-0.2, 0) is 19.1 Å². The summed E-state index contributed by atoms with van der Waals surface area (Å²) in [6.45, 7) is 0.437. The lowest BCUT2D eigenvalue weighted by atomic mass is 9.89. The van der Waals surface area contributed by atoms with Crippen molar-refractivity contribution >= 4 is 18.0 Å². The van der Waals surface area contributed by atoms with Gasteiger partial charge in [-0.3, -0.25) is 9.59 Å². The van der Waals surface area contributed by atoms with Crippen LogP contribution in [0.1, 0.15) is 42.7 Å². The molecular formula is C27H30N2O6. The van der Waals surface area contributed by atoms with Crippen molar-refractivity contribution in [3.8, 4) is 11.1 Å². The molecule has 8 nitrogen and oxygen atoms in total. The summed E-state index contributed by atoms with van der Waals surface area (Å²) in [5, 5.41) is 12.3. The molecule has 1 aliphatic carbocycles. The number of rotatable bonds is 8. The molecule has 5 rings (SSSR count). The Morgan fingerprint density at radius 3 is 2.31 bits per heavy atom. The molecule has 2 N–H and O–H groups in total. The minimum atomic E-state index is -0.868. The topological polar surface area (TPSA) is 105 Å². The van der Waals surface area contributed by atoms with Crippen molar-refractivity contribution < 1.29 is 29.0 Å². The second-order valence-electron chi connectivity index (χ2n) is 9.53. The van der Waals surface area contributed by atoms with Crippen LogP contribution in [0, 0.1) is 5.92 Å². The summed E-state index contributed by atoms with van der Waals surface area (Å²) in [4.78, 5) is 39.5. The normalized spacial score (nSPS) is 23.0. The van der Waals surface area contributed by atoms with Gasteiger partial charge in [0, 0.05) is 38.1 Å². The Morgan fingerprint density at radius 2 is 1.71 bits per heavy atom. The molecule has 0 saturated carbocycles. The first kappa shape index (κ1) is 23.4. The van der Waals surface area contributed by atoms with Crippen LogP contribution in [0.15, 0.2) is 48.5 Å². The number of aliphatic carboxylic acids is 1. The lowest BCUT2D eigenvalue weighted by Gasteiger charge is -2.28. The minimum absolute atomic E-state index is 0.0768. The molecule has 2 aromatic rings. The van der Waals surface area contributed by atoms with Gasteiger partial charge in [0.05, 0.1) is 5.92 Å². The molecule has 0 aromatic heterocycles. The van der Waals surface area contributed by atoms with Crippen LogP contribution in [0.3, 0.4) is 0 Å². The summed E-state index contributed by atoms with van der Waals surface area (Å²) in [5.74, 6) is -1.75. The Kier molecular flexibility index (Phi) is 6.47. The average molecular weight is 479 g/mol. The molecule has 2 aromatic carbocycles. The van der Waals surface area contributed by atoms with Crippen molar-refractivity contribution in [3.63, 3.8) is 0 Å². The van der Waals surface area contributed by atoms with Crippen LogP contribution in [0.2, 0.25) is 0 Å². The van der Waals surface area contributed by atoms with Gasteiger partial charge in [0.15, 0.2) is 0 Å². The van der Waals surface area contributed by atoms with Crippen molar-refractivity contribution in [1.29, 1.82) is 0 Å². The van der Waals surface area contributed by atoms with Gasteiger partial charge in [0.2, 0.25) is 5.91 Å². The van der Waals surface area contributed by atoms with E-state index in [4.69, 9.17) is 9.47 Å². The van der Waals surface area contributed by atoms with Gasteiger partial charge < -0.3 is 24.8 Å². The number of benzene rings is 2. The summed E-state index contributed by atoms with van der Waals surface area (Å²) >= 11 is 0. The molecule has 2 fully saturated rings. The van der Waals surface area contributed by atoms with Gasteiger partial charge in [-0.1, -0.05) is 48.5 Å². The highest BCUT2D eigenvalue weighted by Crippen LogP contribution is 2.45. The zero-order chi connectivity index (χ0) is 24.5. The SMILES string of the molecule is COCCC(NC(=O)OCC1c2ccccc2-c2ccccc21)C(=O)N1[C@@H]2CC[C@H]1[C@@H](C(=O)O)C2. The zero-order valence-corrected chi connectivity index (χ0v) is 19.7. The quantitative estimate of drug-likeness (QED) is 0.603. The van der Waals surface area contributed by atoms with E-state index in [1.807, 2.05) is 36.4 Å². The van der Waals surface area contributed by atoms with Gasteiger partial charge in [-0.05, 0) is 41.5 Å². The fourth-order valence-electron chi connectivity index (χ4n) is 6.05. The highest BCUT2D eigenvalue weighted by Gasteiger charge is 2.52. The molecule has 184 valence electrons. The minimum Gasteiger partial charge on any atom is -0.481 e. The van der Waals surface area contributed by atoms with Crippen molar-refractivity contribution in [2.45, 2.75) is 49.7 Å². The van der Waals surface area contributed by atoms with Gasteiger partial charge in [-0.25, -0.2) is 4.79 Å². The fourth-order valence-corrected chi connectivity index (χ4v) is 6.05. The van der Waals surface area contributed by atoms with Crippen LogP contribution in [0.25, 0.3) is 11.1 Å². The maximum Gasteiger partial charge on any atom is 0.407 e. The molecule has 8 heteroatoms. The van der Waals surface area contributed by atoms with E-state index in [2.05, 4.69) is 17.4 Å². The van der Waals surface area contributed by atoms with E-state index < -0.39 is 24.0 Å². The summed E-state index contributed by atoms with van der Waals surface area (Å²) in [6, 6.07) is 14.9. The molecule has 0 radical (unpaired) electrons. The smallest absolute Gasteiger partial charge is 0.407 e. The van der Waals surface area contributed by atoms with Gasteiger partial charge >= 0.3 is 12.1 Å². The maximum atomic E-state index is 13.4. The molecule has 2 aliphatic heterocycles. The average Bonchev–Trinajstić information content (AvgIpc) is 3.54.